The number of carbonyl (C=O) groups is 1. The Morgan fingerprint density at radius 3 is 2.64 bits per heavy atom. The fourth-order valence-corrected chi connectivity index (χ4v) is 2.51. The maximum Gasteiger partial charge on any atom is 0.351 e. The van der Waals surface area contributed by atoms with Crippen LogP contribution in [-0.4, -0.2) is 24.9 Å². The first kappa shape index (κ1) is 14.8. The topological polar surface area (TPSA) is 44.8 Å². The molecule has 1 heterocycles. The van der Waals surface area contributed by atoms with Gasteiger partial charge in [0.15, 0.2) is 11.5 Å². The number of rotatable bonds is 4. The van der Waals surface area contributed by atoms with Crippen LogP contribution in [0.25, 0.3) is 0 Å². The molecule has 1 atom stereocenters. The van der Waals surface area contributed by atoms with E-state index in [1.807, 2.05) is 48.7 Å². The van der Waals surface area contributed by atoms with Crippen LogP contribution in [0.5, 0.6) is 11.5 Å². The van der Waals surface area contributed by atoms with Gasteiger partial charge >= 0.3 is 5.97 Å². The molecular formula is C17H16O4S. The van der Waals surface area contributed by atoms with Crippen LogP contribution in [0.2, 0.25) is 0 Å². The van der Waals surface area contributed by atoms with Gasteiger partial charge in [0.25, 0.3) is 0 Å². The monoisotopic (exact) mass is 316 g/mol. The highest BCUT2D eigenvalue weighted by molar-refractivity contribution is 7.98. The van der Waals surface area contributed by atoms with E-state index in [4.69, 9.17) is 14.2 Å². The number of benzene rings is 2. The lowest BCUT2D eigenvalue weighted by atomic mass is 10.2. The molecule has 0 saturated carbocycles. The van der Waals surface area contributed by atoms with Crippen molar-refractivity contribution in [3.63, 3.8) is 0 Å². The molecule has 5 heteroatoms. The van der Waals surface area contributed by atoms with Crippen LogP contribution in [0.1, 0.15) is 5.56 Å². The summed E-state index contributed by atoms with van der Waals surface area (Å²) in [4.78, 5) is 13.2. The molecule has 0 unspecified atom stereocenters. The van der Waals surface area contributed by atoms with Crippen LogP contribution in [0.4, 0.5) is 0 Å². The van der Waals surface area contributed by atoms with Crippen molar-refractivity contribution in [2.24, 2.45) is 0 Å². The molecule has 0 radical (unpaired) electrons. The third-order valence-corrected chi connectivity index (χ3v) is 4.06. The summed E-state index contributed by atoms with van der Waals surface area (Å²) in [6, 6.07) is 15.2. The van der Waals surface area contributed by atoms with Crippen molar-refractivity contribution in [3.8, 4) is 11.5 Å². The third kappa shape index (κ3) is 3.36. The van der Waals surface area contributed by atoms with Gasteiger partial charge in [0.1, 0.15) is 13.2 Å². The van der Waals surface area contributed by atoms with Gasteiger partial charge in [-0.1, -0.05) is 24.3 Å². The lowest BCUT2D eigenvalue weighted by Gasteiger charge is -2.24. The van der Waals surface area contributed by atoms with Gasteiger partial charge < -0.3 is 14.2 Å². The Labute approximate surface area is 133 Å². The Morgan fingerprint density at radius 2 is 1.91 bits per heavy atom. The predicted molar refractivity (Wildman–Crippen MR) is 84.4 cm³/mol. The highest BCUT2D eigenvalue weighted by atomic mass is 32.2. The largest absolute Gasteiger partial charge is 0.485 e. The number of hydrogen-bond acceptors (Lipinski definition) is 5. The van der Waals surface area contributed by atoms with Gasteiger partial charge in [0.05, 0.1) is 0 Å². The Bertz CT molecular complexity index is 654. The number of thioether (sulfide) groups is 1. The molecule has 0 amide bonds. The molecule has 1 aliphatic rings. The van der Waals surface area contributed by atoms with Crippen LogP contribution >= 0.6 is 11.8 Å². The van der Waals surface area contributed by atoms with Crippen molar-refractivity contribution in [1.82, 2.24) is 0 Å². The van der Waals surface area contributed by atoms with Gasteiger partial charge in [-0.2, -0.15) is 0 Å². The molecule has 0 bridgehead atoms. The van der Waals surface area contributed by atoms with E-state index >= 15 is 0 Å². The third-order valence-electron chi connectivity index (χ3n) is 3.31. The van der Waals surface area contributed by atoms with Crippen LogP contribution < -0.4 is 9.47 Å². The van der Waals surface area contributed by atoms with Crippen LogP contribution in [0, 0.1) is 0 Å². The fraction of sp³-hybridized carbons (Fsp3) is 0.235. The van der Waals surface area contributed by atoms with E-state index in [0.29, 0.717) is 11.5 Å². The molecule has 0 N–H and O–H groups in total. The SMILES string of the molecule is CSc1ccc(COC(=O)[C@H]2COc3ccccc3O2)cc1. The second-order valence-corrected chi connectivity index (χ2v) is 5.70. The predicted octanol–water partition coefficient (Wildman–Crippen LogP) is 3.29. The maximum atomic E-state index is 12.1. The zero-order chi connectivity index (χ0) is 15.4. The van der Waals surface area contributed by atoms with E-state index in [1.54, 1.807) is 17.8 Å². The number of esters is 1. The standard InChI is InChI=1S/C17H16O4S/c1-22-13-8-6-12(7-9-13)10-20-17(18)16-11-19-14-4-2-3-5-15(14)21-16/h2-9,16H,10-11H2,1H3/t16-/m1/s1. The van der Waals surface area contributed by atoms with E-state index in [0.717, 1.165) is 5.56 Å². The first-order valence-electron chi connectivity index (χ1n) is 6.94. The van der Waals surface area contributed by atoms with Crippen molar-refractivity contribution in [2.75, 3.05) is 12.9 Å². The molecule has 2 aromatic carbocycles. The first-order valence-corrected chi connectivity index (χ1v) is 8.17. The molecule has 2 aromatic rings. The Kier molecular flexibility index (Phi) is 4.53. The zero-order valence-electron chi connectivity index (χ0n) is 12.2. The fourth-order valence-electron chi connectivity index (χ4n) is 2.10. The molecule has 0 saturated heterocycles. The second kappa shape index (κ2) is 6.75. The average Bonchev–Trinajstić information content (AvgIpc) is 2.59. The van der Waals surface area contributed by atoms with E-state index in [1.165, 1.54) is 4.90 Å². The molecule has 0 aromatic heterocycles. The first-order chi connectivity index (χ1) is 10.8. The molecule has 1 aliphatic heterocycles. The minimum atomic E-state index is -0.722. The van der Waals surface area contributed by atoms with Crippen molar-refractivity contribution in [2.45, 2.75) is 17.6 Å². The molecule has 0 aliphatic carbocycles. The average molecular weight is 316 g/mol. The molecule has 0 spiro atoms. The van der Waals surface area contributed by atoms with Gasteiger partial charge in [-0.15, -0.1) is 11.8 Å². The smallest absolute Gasteiger partial charge is 0.351 e. The summed E-state index contributed by atoms with van der Waals surface area (Å²) < 4.78 is 16.4. The Morgan fingerprint density at radius 1 is 1.18 bits per heavy atom. The molecule has 0 fully saturated rings. The van der Waals surface area contributed by atoms with Crippen molar-refractivity contribution in [3.05, 3.63) is 54.1 Å². The summed E-state index contributed by atoms with van der Waals surface area (Å²) in [5.74, 6) is 0.808. The van der Waals surface area contributed by atoms with E-state index < -0.39 is 12.1 Å². The van der Waals surface area contributed by atoms with Crippen molar-refractivity contribution >= 4 is 17.7 Å². The molecule has 22 heavy (non-hydrogen) atoms. The zero-order valence-corrected chi connectivity index (χ0v) is 13.0. The summed E-state index contributed by atoms with van der Waals surface area (Å²) in [6.07, 6.45) is 1.30. The van der Waals surface area contributed by atoms with E-state index in [2.05, 4.69) is 0 Å². The highest BCUT2D eigenvalue weighted by Crippen LogP contribution is 2.31. The molecular weight excluding hydrogens is 300 g/mol. The Balaban J connectivity index is 1.56. The van der Waals surface area contributed by atoms with E-state index in [-0.39, 0.29) is 13.2 Å². The summed E-state index contributed by atoms with van der Waals surface area (Å²) in [6.45, 7) is 0.399. The number of carbonyl (C=O) groups excluding carboxylic acids is 1. The Hall–Kier alpha value is -2.14. The number of para-hydroxylation sites is 2. The molecule has 3 rings (SSSR count). The summed E-state index contributed by atoms with van der Waals surface area (Å²) in [7, 11) is 0. The molecule has 114 valence electrons. The van der Waals surface area contributed by atoms with E-state index in [9.17, 15) is 4.79 Å². The van der Waals surface area contributed by atoms with Crippen molar-refractivity contribution in [1.29, 1.82) is 0 Å². The lowest BCUT2D eigenvalue weighted by molar-refractivity contribution is -0.155. The maximum absolute atomic E-state index is 12.1. The summed E-state index contributed by atoms with van der Waals surface area (Å²) in [5, 5.41) is 0. The minimum absolute atomic E-state index is 0.168. The minimum Gasteiger partial charge on any atom is -0.485 e. The summed E-state index contributed by atoms with van der Waals surface area (Å²) >= 11 is 1.67. The lowest BCUT2D eigenvalue weighted by Crippen LogP contribution is -2.37. The number of fused-ring (bicyclic) bond motifs is 1. The normalized spacial score (nSPS) is 16.1. The van der Waals surface area contributed by atoms with Gasteiger partial charge in [0, 0.05) is 4.90 Å². The van der Waals surface area contributed by atoms with Gasteiger partial charge in [0.2, 0.25) is 6.10 Å². The number of ether oxygens (including phenoxy) is 3. The van der Waals surface area contributed by atoms with Crippen LogP contribution in [0.3, 0.4) is 0 Å². The van der Waals surface area contributed by atoms with Crippen LogP contribution in [0.15, 0.2) is 53.4 Å². The molecule has 4 nitrogen and oxygen atoms in total. The van der Waals surface area contributed by atoms with Gasteiger partial charge in [-0.25, -0.2) is 4.79 Å². The number of hydrogen-bond donors (Lipinski definition) is 0. The van der Waals surface area contributed by atoms with Gasteiger partial charge in [-0.3, -0.25) is 0 Å². The van der Waals surface area contributed by atoms with Gasteiger partial charge in [-0.05, 0) is 36.1 Å². The van der Waals surface area contributed by atoms with Crippen LogP contribution in [-0.2, 0) is 16.1 Å². The van der Waals surface area contributed by atoms with Crippen molar-refractivity contribution < 1.29 is 19.0 Å². The summed E-state index contributed by atoms with van der Waals surface area (Å²) in [5.41, 5.74) is 0.947. The second-order valence-electron chi connectivity index (χ2n) is 4.82. The quantitative estimate of drug-likeness (QED) is 0.640. The highest BCUT2D eigenvalue weighted by Gasteiger charge is 2.28.